The average molecular weight is 287 g/mol. The lowest BCUT2D eigenvalue weighted by Crippen LogP contribution is -2.24. The van der Waals surface area contributed by atoms with E-state index in [2.05, 4.69) is 10.3 Å². The molecule has 0 radical (unpaired) electrons. The van der Waals surface area contributed by atoms with E-state index in [1.807, 2.05) is 34.9 Å². The molecule has 3 rings (SSSR count). The first kappa shape index (κ1) is 12.8. The number of imidazole rings is 1. The van der Waals surface area contributed by atoms with Gasteiger partial charge in [0.05, 0.1) is 30.3 Å². The Labute approximate surface area is 120 Å². The van der Waals surface area contributed by atoms with Gasteiger partial charge < -0.3 is 9.73 Å². The van der Waals surface area contributed by atoms with E-state index in [9.17, 15) is 4.79 Å². The average Bonchev–Trinajstić information content (AvgIpc) is 3.12. The first-order valence-corrected chi connectivity index (χ1v) is 7.15. The molecule has 0 aliphatic rings. The first-order chi connectivity index (χ1) is 9.83. The zero-order valence-corrected chi connectivity index (χ0v) is 11.5. The van der Waals surface area contributed by atoms with Crippen molar-refractivity contribution in [2.75, 3.05) is 5.75 Å². The number of furan rings is 1. The molecule has 20 heavy (non-hydrogen) atoms. The summed E-state index contributed by atoms with van der Waals surface area (Å²) in [5.74, 6) is 1.03. The van der Waals surface area contributed by atoms with Gasteiger partial charge in [0.15, 0.2) is 5.16 Å². The number of amides is 1. The van der Waals surface area contributed by atoms with Crippen molar-refractivity contribution in [3.63, 3.8) is 0 Å². The predicted molar refractivity (Wildman–Crippen MR) is 76.5 cm³/mol. The van der Waals surface area contributed by atoms with Crippen molar-refractivity contribution in [3.8, 4) is 0 Å². The summed E-state index contributed by atoms with van der Waals surface area (Å²) in [6.45, 7) is 0.411. The molecule has 102 valence electrons. The minimum Gasteiger partial charge on any atom is -0.467 e. The highest BCUT2D eigenvalue weighted by atomic mass is 32.2. The van der Waals surface area contributed by atoms with Crippen LogP contribution >= 0.6 is 11.8 Å². The molecule has 0 aliphatic carbocycles. The highest BCUT2D eigenvalue weighted by molar-refractivity contribution is 7.99. The Hall–Kier alpha value is -2.21. The molecule has 0 spiro atoms. The number of carbonyl (C=O) groups is 1. The standard InChI is InChI=1S/C14H13N3O2S/c18-13(15-9-12-5-3-7-19-12)10-20-14-16-8-11-4-1-2-6-17(11)14/h1-8H,9-10H2,(H,15,18). The molecule has 5 nitrogen and oxygen atoms in total. The maximum absolute atomic E-state index is 11.8. The number of aromatic nitrogens is 2. The molecule has 0 fully saturated rings. The summed E-state index contributed by atoms with van der Waals surface area (Å²) in [6, 6.07) is 9.51. The van der Waals surface area contributed by atoms with Crippen LogP contribution in [0.15, 0.2) is 58.6 Å². The van der Waals surface area contributed by atoms with Gasteiger partial charge in [0, 0.05) is 6.20 Å². The van der Waals surface area contributed by atoms with E-state index in [1.165, 1.54) is 11.8 Å². The van der Waals surface area contributed by atoms with Gasteiger partial charge >= 0.3 is 0 Å². The molecule has 0 bridgehead atoms. The zero-order valence-electron chi connectivity index (χ0n) is 10.7. The van der Waals surface area contributed by atoms with Gasteiger partial charge in [0.2, 0.25) is 5.91 Å². The number of nitrogens with one attached hydrogen (secondary N) is 1. The Morgan fingerprint density at radius 3 is 3.15 bits per heavy atom. The van der Waals surface area contributed by atoms with Crippen molar-refractivity contribution < 1.29 is 9.21 Å². The van der Waals surface area contributed by atoms with Gasteiger partial charge in [-0.25, -0.2) is 4.98 Å². The van der Waals surface area contributed by atoms with Crippen molar-refractivity contribution in [2.45, 2.75) is 11.7 Å². The van der Waals surface area contributed by atoms with Crippen LogP contribution in [-0.2, 0) is 11.3 Å². The van der Waals surface area contributed by atoms with Gasteiger partial charge in [-0.05, 0) is 24.3 Å². The fourth-order valence-electron chi connectivity index (χ4n) is 1.81. The van der Waals surface area contributed by atoms with Gasteiger partial charge in [-0.3, -0.25) is 9.20 Å². The molecule has 0 atom stereocenters. The number of rotatable bonds is 5. The van der Waals surface area contributed by atoms with Crippen LogP contribution in [0.2, 0.25) is 0 Å². The van der Waals surface area contributed by atoms with Crippen LogP contribution in [0.3, 0.4) is 0 Å². The Morgan fingerprint density at radius 2 is 2.30 bits per heavy atom. The quantitative estimate of drug-likeness (QED) is 0.732. The third kappa shape index (κ3) is 2.85. The number of nitrogens with zero attached hydrogens (tertiary/aromatic N) is 2. The molecule has 6 heteroatoms. The van der Waals surface area contributed by atoms with E-state index >= 15 is 0 Å². The summed E-state index contributed by atoms with van der Waals surface area (Å²) in [7, 11) is 0. The third-order valence-electron chi connectivity index (χ3n) is 2.78. The van der Waals surface area contributed by atoms with Crippen molar-refractivity contribution in [1.82, 2.24) is 14.7 Å². The van der Waals surface area contributed by atoms with Crippen LogP contribution in [0.1, 0.15) is 5.76 Å². The lowest BCUT2D eigenvalue weighted by Gasteiger charge is -2.03. The second-order valence-corrected chi connectivity index (χ2v) is 5.12. The summed E-state index contributed by atoms with van der Waals surface area (Å²) in [5, 5.41) is 3.62. The Bertz CT molecular complexity index is 706. The zero-order chi connectivity index (χ0) is 13.8. The van der Waals surface area contributed by atoms with Crippen molar-refractivity contribution >= 4 is 23.2 Å². The molecular weight excluding hydrogens is 274 g/mol. The largest absolute Gasteiger partial charge is 0.467 e. The number of hydrogen-bond acceptors (Lipinski definition) is 4. The number of pyridine rings is 1. The molecule has 3 aromatic heterocycles. The van der Waals surface area contributed by atoms with Crippen LogP contribution in [0.25, 0.3) is 5.52 Å². The smallest absolute Gasteiger partial charge is 0.230 e. The minimum absolute atomic E-state index is 0.0425. The molecule has 0 saturated heterocycles. The van der Waals surface area contributed by atoms with Gasteiger partial charge in [-0.15, -0.1) is 0 Å². The summed E-state index contributed by atoms with van der Waals surface area (Å²) in [5.41, 5.74) is 1.02. The fraction of sp³-hybridized carbons (Fsp3) is 0.143. The maximum atomic E-state index is 11.8. The number of thioether (sulfide) groups is 1. The number of hydrogen-bond donors (Lipinski definition) is 1. The lowest BCUT2D eigenvalue weighted by molar-refractivity contribution is -0.118. The van der Waals surface area contributed by atoms with Crippen LogP contribution < -0.4 is 5.32 Å². The molecule has 3 aromatic rings. The van der Waals surface area contributed by atoms with Crippen LogP contribution in [-0.4, -0.2) is 21.0 Å². The molecule has 0 aliphatic heterocycles. The predicted octanol–water partition coefficient (Wildman–Crippen LogP) is 2.34. The van der Waals surface area contributed by atoms with Gasteiger partial charge in [-0.2, -0.15) is 0 Å². The van der Waals surface area contributed by atoms with E-state index < -0.39 is 0 Å². The Morgan fingerprint density at radius 1 is 1.35 bits per heavy atom. The van der Waals surface area contributed by atoms with Crippen LogP contribution in [0.5, 0.6) is 0 Å². The number of carbonyl (C=O) groups excluding carboxylic acids is 1. The van der Waals surface area contributed by atoms with Crippen LogP contribution in [0.4, 0.5) is 0 Å². The molecule has 0 aromatic carbocycles. The lowest BCUT2D eigenvalue weighted by atomic mass is 10.4. The molecular formula is C14H13N3O2S. The Balaban J connectivity index is 1.55. The van der Waals surface area contributed by atoms with E-state index in [0.717, 1.165) is 16.4 Å². The summed E-state index contributed by atoms with van der Waals surface area (Å²) >= 11 is 1.41. The maximum Gasteiger partial charge on any atom is 0.230 e. The first-order valence-electron chi connectivity index (χ1n) is 6.17. The van der Waals surface area contributed by atoms with E-state index in [4.69, 9.17) is 4.42 Å². The summed E-state index contributed by atoms with van der Waals surface area (Å²) in [4.78, 5) is 16.1. The normalized spacial score (nSPS) is 10.8. The molecule has 0 unspecified atom stereocenters. The van der Waals surface area contributed by atoms with Gasteiger partial charge in [0.1, 0.15) is 5.76 Å². The number of fused-ring (bicyclic) bond motifs is 1. The molecule has 3 heterocycles. The van der Waals surface area contributed by atoms with Crippen molar-refractivity contribution in [3.05, 3.63) is 54.7 Å². The van der Waals surface area contributed by atoms with Gasteiger partial charge in [0.25, 0.3) is 0 Å². The third-order valence-corrected chi connectivity index (χ3v) is 3.74. The second kappa shape index (κ2) is 5.83. The van der Waals surface area contributed by atoms with E-state index in [-0.39, 0.29) is 5.91 Å². The SMILES string of the molecule is O=C(CSc1ncc2ccccn12)NCc1ccco1. The summed E-state index contributed by atoms with van der Waals surface area (Å²) in [6.07, 6.45) is 5.32. The molecule has 1 amide bonds. The minimum atomic E-state index is -0.0425. The molecule has 0 saturated carbocycles. The topological polar surface area (TPSA) is 59.5 Å². The van der Waals surface area contributed by atoms with Gasteiger partial charge in [-0.1, -0.05) is 17.8 Å². The van der Waals surface area contributed by atoms with Crippen molar-refractivity contribution in [2.24, 2.45) is 0 Å². The fourth-order valence-corrected chi connectivity index (χ4v) is 2.60. The monoisotopic (exact) mass is 287 g/mol. The molecule has 1 N–H and O–H groups in total. The van der Waals surface area contributed by atoms with E-state index in [0.29, 0.717) is 12.3 Å². The van der Waals surface area contributed by atoms with Crippen molar-refractivity contribution in [1.29, 1.82) is 0 Å². The summed E-state index contributed by atoms with van der Waals surface area (Å²) < 4.78 is 7.12. The highest BCUT2D eigenvalue weighted by Crippen LogP contribution is 2.17. The van der Waals surface area contributed by atoms with E-state index in [1.54, 1.807) is 18.5 Å². The Kier molecular flexibility index (Phi) is 3.73. The highest BCUT2D eigenvalue weighted by Gasteiger charge is 2.07. The van der Waals surface area contributed by atoms with Crippen LogP contribution in [0, 0.1) is 0 Å². The second-order valence-electron chi connectivity index (χ2n) is 4.18.